The molecule has 20 heavy (non-hydrogen) atoms. The van der Waals surface area contributed by atoms with Crippen LogP contribution >= 0.6 is 0 Å². The first kappa shape index (κ1) is 13.6. The normalized spacial score (nSPS) is 9.65. The summed E-state index contributed by atoms with van der Waals surface area (Å²) in [6, 6.07) is 9.52. The molecule has 2 rings (SSSR count). The average Bonchev–Trinajstić information content (AvgIpc) is 2.52. The fourth-order valence-corrected chi connectivity index (χ4v) is 1.81. The highest BCUT2D eigenvalue weighted by Crippen LogP contribution is 2.28. The smallest absolute Gasteiger partial charge is 0.204 e. The molecule has 1 aromatic carbocycles. The number of hydrogen-bond donors (Lipinski definition) is 2. The lowest BCUT2D eigenvalue weighted by Gasteiger charge is -2.12. The van der Waals surface area contributed by atoms with Gasteiger partial charge < -0.3 is 15.4 Å². The molecule has 0 aliphatic carbocycles. The molecular weight excluding hydrogens is 254 g/mol. The van der Waals surface area contributed by atoms with Crippen molar-refractivity contribution in [2.75, 3.05) is 24.8 Å². The first-order valence-corrected chi connectivity index (χ1v) is 6.08. The Hall–Kier alpha value is -2.81. The van der Waals surface area contributed by atoms with E-state index in [9.17, 15) is 0 Å². The topological polar surface area (TPSA) is 82.9 Å². The maximum atomic E-state index is 8.88. The Morgan fingerprint density at radius 3 is 2.80 bits per heavy atom. The molecule has 0 fully saturated rings. The van der Waals surface area contributed by atoms with Gasteiger partial charge in [0, 0.05) is 13.6 Å². The molecule has 1 heterocycles. The Balaban J connectivity index is 2.16. The number of benzene rings is 1. The molecule has 0 unspecified atom stereocenters. The van der Waals surface area contributed by atoms with Gasteiger partial charge >= 0.3 is 0 Å². The Morgan fingerprint density at radius 1 is 1.30 bits per heavy atom. The fourth-order valence-electron chi connectivity index (χ4n) is 1.81. The number of ether oxygens (including phenoxy) is 1. The van der Waals surface area contributed by atoms with Crippen molar-refractivity contribution in [3.63, 3.8) is 0 Å². The van der Waals surface area contributed by atoms with Crippen molar-refractivity contribution in [1.82, 2.24) is 9.97 Å². The van der Waals surface area contributed by atoms with Gasteiger partial charge in [0.15, 0.2) is 11.6 Å². The molecule has 102 valence electrons. The molecule has 2 N–H and O–H groups in total. The highest BCUT2D eigenvalue weighted by molar-refractivity contribution is 5.63. The Kier molecular flexibility index (Phi) is 4.35. The molecule has 0 atom stereocenters. The van der Waals surface area contributed by atoms with Crippen LogP contribution in [0.1, 0.15) is 11.1 Å². The zero-order valence-electron chi connectivity index (χ0n) is 11.3. The van der Waals surface area contributed by atoms with Crippen LogP contribution in [0.2, 0.25) is 0 Å². The highest BCUT2D eigenvalue weighted by Gasteiger charge is 2.10. The number of nitrogens with one attached hydrogen (secondary N) is 2. The SMILES string of the molecule is CNc1ncnc(NCc2cccc(C#N)c2)c1OC. The zero-order valence-corrected chi connectivity index (χ0v) is 11.3. The van der Waals surface area contributed by atoms with Crippen LogP contribution in [-0.4, -0.2) is 24.1 Å². The van der Waals surface area contributed by atoms with Crippen LogP contribution in [0.4, 0.5) is 11.6 Å². The Labute approximate surface area is 117 Å². The quantitative estimate of drug-likeness (QED) is 0.864. The van der Waals surface area contributed by atoms with E-state index in [1.807, 2.05) is 18.2 Å². The lowest BCUT2D eigenvalue weighted by atomic mass is 10.1. The van der Waals surface area contributed by atoms with Crippen LogP contribution in [0, 0.1) is 11.3 Å². The van der Waals surface area contributed by atoms with Gasteiger partial charge in [-0.2, -0.15) is 5.26 Å². The van der Waals surface area contributed by atoms with Crippen LogP contribution in [0.25, 0.3) is 0 Å². The molecule has 6 nitrogen and oxygen atoms in total. The number of methoxy groups -OCH3 is 1. The van der Waals surface area contributed by atoms with E-state index in [0.29, 0.717) is 29.5 Å². The number of hydrogen-bond acceptors (Lipinski definition) is 6. The monoisotopic (exact) mass is 269 g/mol. The fraction of sp³-hybridized carbons (Fsp3) is 0.214. The number of nitriles is 1. The summed E-state index contributed by atoms with van der Waals surface area (Å²) in [5, 5.41) is 15.0. The number of aromatic nitrogens is 2. The minimum atomic E-state index is 0.548. The van der Waals surface area contributed by atoms with Gasteiger partial charge in [0.1, 0.15) is 6.33 Å². The summed E-state index contributed by atoms with van der Waals surface area (Å²) in [6.45, 7) is 0.548. The van der Waals surface area contributed by atoms with Crippen LogP contribution in [0.3, 0.4) is 0 Å². The van der Waals surface area contributed by atoms with Crippen LogP contribution in [-0.2, 0) is 6.54 Å². The zero-order chi connectivity index (χ0) is 14.4. The third-order valence-electron chi connectivity index (χ3n) is 2.76. The van der Waals surface area contributed by atoms with E-state index >= 15 is 0 Å². The molecule has 0 aliphatic rings. The van der Waals surface area contributed by atoms with Gasteiger partial charge in [0.05, 0.1) is 18.7 Å². The second-order valence-electron chi connectivity index (χ2n) is 4.02. The number of nitrogens with zero attached hydrogens (tertiary/aromatic N) is 3. The molecule has 0 bridgehead atoms. The van der Waals surface area contributed by atoms with Crippen molar-refractivity contribution in [1.29, 1.82) is 5.26 Å². The molecule has 1 aromatic heterocycles. The number of anilines is 2. The van der Waals surface area contributed by atoms with Gasteiger partial charge in [-0.25, -0.2) is 9.97 Å². The summed E-state index contributed by atoms with van der Waals surface area (Å²) >= 11 is 0. The predicted molar refractivity (Wildman–Crippen MR) is 76.6 cm³/mol. The second-order valence-corrected chi connectivity index (χ2v) is 4.02. The Morgan fingerprint density at radius 2 is 2.10 bits per heavy atom. The summed E-state index contributed by atoms with van der Waals surface area (Å²) < 4.78 is 5.30. The molecule has 0 amide bonds. The lowest BCUT2D eigenvalue weighted by molar-refractivity contribution is 0.415. The third-order valence-corrected chi connectivity index (χ3v) is 2.76. The third kappa shape index (κ3) is 2.95. The van der Waals surface area contributed by atoms with Crippen LogP contribution in [0.5, 0.6) is 5.75 Å². The molecule has 0 aliphatic heterocycles. The van der Waals surface area contributed by atoms with Gasteiger partial charge in [0.2, 0.25) is 5.75 Å². The van der Waals surface area contributed by atoms with Crippen molar-refractivity contribution in [2.45, 2.75) is 6.54 Å². The van der Waals surface area contributed by atoms with Crippen molar-refractivity contribution < 1.29 is 4.74 Å². The number of rotatable bonds is 5. The van der Waals surface area contributed by atoms with Crippen LogP contribution in [0.15, 0.2) is 30.6 Å². The van der Waals surface area contributed by atoms with E-state index in [1.165, 1.54) is 6.33 Å². The summed E-state index contributed by atoms with van der Waals surface area (Å²) in [5.41, 5.74) is 1.63. The second kappa shape index (κ2) is 6.38. The summed E-state index contributed by atoms with van der Waals surface area (Å²) in [6.07, 6.45) is 1.46. The van der Waals surface area contributed by atoms with Gasteiger partial charge in [-0.3, -0.25) is 0 Å². The Bertz CT molecular complexity index is 636. The van der Waals surface area contributed by atoms with Crippen molar-refractivity contribution in [3.8, 4) is 11.8 Å². The van der Waals surface area contributed by atoms with E-state index < -0.39 is 0 Å². The van der Waals surface area contributed by atoms with Crippen molar-refractivity contribution in [2.24, 2.45) is 0 Å². The molecule has 0 saturated carbocycles. The van der Waals surface area contributed by atoms with Gasteiger partial charge in [0.25, 0.3) is 0 Å². The first-order chi connectivity index (χ1) is 9.78. The molecule has 0 spiro atoms. The van der Waals surface area contributed by atoms with E-state index in [0.717, 1.165) is 5.56 Å². The average molecular weight is 269 g/mol. The maximum absolute atomic E-state index is 8.88. The minimum Gasteiger partial charge on any atom is -0.490 e. The molecule has 0 radical (unpaired) electrons. The molecule has 2 aromatic rings. The highest BCUT2D eigenvalue weighted by atomic mass is 16.5. The molecular formula is C14H15N5O. The summed E-state index contributed by atoms with van der Waals surface area (Å²) in [7, 11) is 3.34. The van der Waals surface area contributed by atoms with Gasteiger partial charge in [-0.05, 0) is 17.7 Å². The van der Waals surface area contributed by atoms with E-state index in [4.69, 9.17) is 10.00 Å². The standard InChI is InChI=1S/C14H15N5O/c1-16-13-12(20-2)14(19-9-18-13)17-8-11-5-3-4-10(6-11)7-15/h3-6,9H,8H2,1-2H3,(H2,16,17,18,19). The largest absolute Gasteiger partial charge is 0.490 e. The summed E-state index contributed by atoms with van der Waals surface area (Å²) in [4.78, 5) is 8.24. The minimum absolute atomic E-state index is 0.548. The van der Waals surface area contributed by atoms with E-state index in [-0.39, 0.29) is 0 Å². The van der Waals surface area contributed by atoms with Crippen molar-refractivity contribution in [3.05, 3.63) is 41.7 Å². The maximum Gasteiger partial charge on any atom is 0.204 e. The van der Waals surface area contributed by atoms with E-state index in [1.54, 1.807) is 20.2 Å². The van der Waals surface area contributed by atoms with Gasteiger partial charge in [-0.15, -0.1) is 0 Å². The van der Waals surface area contributed by atoms with Crippen LogP contribution < -0.4 is 15.4 Å². The van der Waals surface area contributed by atoms with E-state index in [2.05, 4.69) is 26.7 Å². The summed E-state index contributed by atoms with van der Waals surface area (Å²) in [5.74, 6) is 1.79. The molecule has 6 heteroatoms. The molecule has 0 saturated heterocycles. The van der Waals surface area contributed by atoms with Crippen molar-refractivity contribution >= 4 is 11.6 Å². The lowest BCUT2D eigenvalue weighted by Crippen LogP contribution is -2.06. The first-order valence-electron chi connectivity index (χ1n) is 6.08. The predicted octanol–water partition coefficient (Wildman–Crippen LogP) is 2.01. The van der Waals surface area contributed by atoms with Gasteiger partial charge in [-0.1, -0.05) is 12.1 Å².